The molecule has 33 heavy (non-hydrogen) atoms. The molecule has 1 aliphatic carbocycles. The van der Waals surface area contributed by atoms with Gasteiger partial charge in [-0.15, -0.1) is 0 Å². The predicted octanol–water partition coefficient (Wildman–Crippen LogP) is 4.90. The molecule has 3 aromatic rings. The van der Waals surface area contributed by atoms with E-state index in [9.17, 15) is 10.0 Å². The number of benzene rings is 3. The van der Waals surface area contributed by atoms with Crippen LogP contribution in [-0.2, 0) is 16.0 Å². The lowest BCUT2D eigenvalue weighted by atomic mass is 9.97. The number of hydrogen-bond acceptors (Lipinski definition) is 4. The first kappa shape index (κ1) is 22.3. The van der Waals surface area contributed by atoms with Crippen molar-refractivity contribution < 1.29 is 24.2 Å². The zero-order valence-corrected chi connectivity index (χ0v) is 19.0. The molecule has 0 radical (unpaired) electrons. The average Bonchev–Trinajstić information content (AvgIpc) is 3.18. The molecule has 1 N–H and O–H groups in total. The van der Waals surface area contributed by atoms with Crippen molar-refractivity contribution in [3.63, 3.8) is 0 Å². The number of fused-ring (bicyclic) bond motifs is 1. The minimum absolute atomic E-state index is 0.249. The second kappa shape index (κ2) is 10.2. The Labute approximate surface area is 194 Å². The van der Waals surface area contributed by atoms with E-state index < -0.39 is 5.97 Å². The zero-order valence-electron chi connectivity index (χ0n) is 19.0. The molecule has 3 aromatic carbocycles. The zero-order chi connectivity index (χ0) is 23.2. The Morgan fingerprint density at radius 1 is 0.939 bits per heavy atom. The Morgan fingerprint density at radius 2 is 1.64 bits per heavy atom. The summed E-state index contributed by atoms with van der Waals surface area (Å²) in [5, 5.41) is 10.4. The summed E-state index contributed by atoms with van der Waals surface area (Å²) in [5.41, 5.74) is 5.27. The van der Waals surface area contributed by atoms with Gasteiger partial charge in [0.1, 0.15) is 11.3 Å². The molecule has 0 saturated carbocycles. The third-order valence-corrected chi connectivity index (χ3v) is 5.59. The average molecular weight is 443 g/mol. The summed E-state index contributed by atoms with van der Waals surface area (Å²) in [4.78, 5) is 13.0. The smallest absolute Gasteiger partial charge is 0.345 e. The van der Waals surface area contributed by atoms with Crippen molar-refractivity contribution in [3.8, 4) is 5.75 Å². The summed E-state index contributed by atoms with van der Waals surface area (Å²) < 4.78 is 12.4. The predicted molar refractivity (Wildman–Crippen MR) is 128 cm³/mol. The van der Waals surface area contributed by atoms with Gasteiger partial charge in [-0.3, -0.25) is 5.21 Å². The van der Waals surface area contributed by atoms with E-state index in [1.165, 1.54) is 12.6 Å². The normalized spacial score (nSPS) is 14.1. The molecule has 0 saturated heterocycles. The minimum atomic E-state index is -0.464. The molecule has 0 fully saturated rings. The fraction of sp³-hybridized carbons (Fsp3) is 0.214. The van der Waals surface area contributed by atoms with Crippen molar-refractivity contribution in [2.45, 2.75) is 19.8 Å². The quantitative estimate of drug-likeness (QED) is 0.177. The van der Waals surface area contributed by atoms with Crippen molar-refractivity contribution in [1.82, 2.24) is 0 Å². The Kier molecular flexibility index (Phi) is 6.89. The van der Waals surface area contributed by atoms with Crippen molar-refractivity contribution in [1.29, 1.82) is 0 Å². The lowest BCUT2D eigenvalue weighted by Gasteiger charge is -2.10. The Hall–Kier alpha value is -3.86. The maximum Gasteiger partial charge on any atom is 0.345 e. The van der Waals surface area contributed by atoms with E-state index in [0.717, 1.165) is 45.6 Å². The largest absolute Gasteiger partial charge is 0.494 e. The molecule has 0 spiro atoms. The summed E-state index contributed by atoms with van der Waals surface area (Å²) in [6.45, 7) is 2.60. The van der Waals surface area contributed by atoms with Gasteiger partial charge in [0.05, 0.1) is 18.8 Å². The number of hydrogen-bond donors (Lipinski definition) is 1. The molecule has 5 heteroatoms. The van der Waals surface area contributed by atoms with Crippen LogP contribution in [-0.4, -0.2) is 41.9 Å². The Balaban J connectivity index is 1.67. The van der Waals surface area contributed by atoms with Crippen molar-refractivity contribution >= 4 is 17.3 Å². The number of rotatable bonds is 8. The van der Waals surface area contributed by atoms with Crippen LogP contribution in [0.4, 0.5) is 0 Å². The standard InChI is InChI=1S/C28H28NO4/c1-3-32-28(30)26-25(21-14-8-5-9-15-21)24-19-22(16-17-23(24)27(26)29(2)31)33-18-10-13-20-11-6-4-7-12-20/h4-9,11-12,14-17,19,31H,3,10,13,18H2,1-2H3/q+1/b29-27+. The van der Waals surface area contributed by atoms with Crippen LogP contribution in [0.1, 0.15) is 35.6 Å². The van der Waals surface area contributed by atoms with Gasteiger partial charge in [0.2, 0.25) is 0 Å². The monoisotopic (exact) mass is 442 g/mol. The molecule has 0 amide bonds. The van der Waals surface area contributed by atoms with E-state index in [1.54, 1.807) is 6.92 Å². The van der Waals surface area contributed by atoms with Crippen LogP contribution >= 0.6 is 0 Å². The van der Waals surface area contributed by atoms with E-state index in [-0.39, 0.29) is 6.61 Å². The number of carbonyl (C=O) groups excluding carboxylic acids is 1. The number of nitrogens with zero attached hydrogens (tertiary/aromatic N) is 1. The van der Waals surface area contributed by atoms with Gasteiger partial charge in [-0.2, -0.15) is 0 Å². The molecule has 1 aliphatic rings. The van der Waals surface area contributed by atoms with E-state index >= 15 is 0 Å². The first-order valence-corrected chi connectivity index (χ1v) is 11.2. The summed E-state index contributed by atoms with van der Waals surface area (Å²) in [6, 6.07) is 25.7. The number of carbonyl (C=O) groups is 1. The summed E-state index contributed by atoms with van der Waals surface area (Å²) in [6.07, 6.45) is 1.84. The van der Waals surface area contributed by atoms with Crippen LogP contribution in [0.25, 0.3) is 5.57 Å². The van der Waals surface area contributed by atoms with Crippen LogP contribution in [0.15, 0.2) is 84.4 Å². The van der Waals surface area contributed by atoms with Crippen LogP contribution in [0.3, 0.4) is 0 Å². The van der Waals surface area contributed by atoms with Crippen LogP contribution < -0.4 is 4.74 Å². The molecule has 4 rings (SSSR count). The summed E-state index contributed by atoms with van der Waals surface area (Å²) in [7, 11) is 1.51. The van der Waals surface area contributed by atoms with E-state index in [4.69, 9.17) is 9.47 Å². The minimum Gasteiger partial charge on any atom is -0.494 e. The first-order chi connectivity index (χ1) is 16.1. The Morgan fingerprint density at radius 3 is 2.30 bits per heavy atom. The topological polar surface area (TPSA) is 58.8 Å². The number of hydroxylamine groups is 1. The number of esters is 1. The van der Waals surface area contributed by atoms with Gasteiger partial charge in [-0.1, -0.05) is 60.7 Å². The van der Waals surface area contributed by atoms with Crippen LogP contribution in [0.2, 0.25) is 0 Å². The van der Waals surface area contributed by atoms with Crippen LogP contribution in [0, 0.1) is 0 Å². The molecular weight excluding hydrogens is 414 g/mol. The van der Waals surface area contributed by atoms with Crippen LogP contribution in [0.5, 0.6) is 5.75 Å². The lowest BCUT2D eigenvalue weighted by Crippen LogP contribution is -2.22. The maximum absolute atomic E-state index is 13.0. The number of aryl methyl sites for hydroxylation is 1. The second-order valence-corrected chi connectivity index (χ2v) is 7.85. The Bertz CT molecular complexity index is 1190. The van der Waals surface area contributed by atoms with Crippen molar-refractivity contribution in [3.05, 3.63) is 107 Å². The molecule has 0 atom stereocenters. The van der Waals surface area contributed by atoms with Gasteiger partial charge in [0, 0.05) is 11.1 Å². The molecule has 0 unspecified atom stereocenters. The van der Waals surface area contributed by atoms with Gasteiger partial charge in [-0.25, -0.2) is 4.79 Å². The number of ether oxygens (including phenoxy) is 2. The molecule has 0 aromatic heterocycles. The van der Waals surface area contributed by atoms with Gasteiger partial charge in [-0.05, 0) is 53.8 Å². The molecule has 0 bridgehead atoms. The van der Waals surface area contributed by atoms with Crippen molar-refractivity contribution in [2.75, 3.05) is 20.3 Å². The molecular formula is C28H28NO4+. The highest BCUT2D eigenvalue weighted by Crippen LogP contribution is 2.40. The van der Waals surface area contributed by atoms with E-state index in [2.05, 4.69) is 12.1 Å². The molecule has 5 nitrogen and oxygen atoms in total. The third kappa shape index (κ3) is 4.82. The molecule has 168 valence electrons. The first-order valence-electron chi connectivity index (χ1n) is 11.2. The fourth-order valence-corrected chi connectivity index (χ4v) is 4.17. The fourth-order valence-electron chi connectivity index (χ4n) is 4.17. The highest BCUT2D eigenvalue weighted by atomic mass is 16.5. The van der Waals surface area contributed by atoms with Gasteiger partial charge >= 0.3 is 5.97 Å². The summed E-state index contributed by atoms with van der Waals surface area (Å²) in [5.74, 6) is 0.258. The van der Waals surface area contributed by atoms with Gasteiger partial charge in [0.25, 0.3) is 5.71 Å². The SMILES string of the molecule is CCOC(=O)C1=C(c2ccccc2)c2cc(OCCCc3ccccc3)ccc2/C1=[N+](/C)O. The second-order valence-electron chi connectivity index (χ2n) is 7.85. The third-order valence-electron chi connectivity index (χ3n) is 5.59. The highest BCUT2D eigenvalue weighted by Gasteiger charge is 2.40. The molecule has 0 heterocycles. The summed E-state index contributed by atoms with van der Waals surface area (Å²) >= 11 is 0. The maximum atomic E-state index is 13.0. The molecule has 0 aliphatic heterocycles. The van der Waals surface area contributed by atoms with Crippen molar-refractivity contribution in [2.24, 2.45) is 0 Å². The van der Waals surface area contributed by atoms with Gasteiger partial charge < -0.3 is 9.47 Å². The van der Waals surface area contributed by atoms with E-state index in [1.807, 2.05) is 66.7 Å². The van der Waals surface area contributed by atoms with Gasteiger partial charge in [0.15, 0.2) is 7.05 Å². The highest BCUT2D eigenvalue weighted by molar-refractivity contribution is 6.35. The van der Waals surface area contributed by atoms with E-state index in [0.29, 0.717) is 17.9 Å². The lowest BCUT2D eigenvalue weighted by molar-refractivity contribution is -0.753.